The van der Waals surface area contributed by atoms with Gasteiger partial charge in [0.2, 0.25) is 5.91 Å². The molecule has 0 radical (unpaired) electrons. The molecule has 17 heavy (non-hydrogen) atoms. The van der Waals surface area contributed by atoms with E-state index < -0.39 is 0 Å². The Labute approximate surface area is 110 Å². The fourth-order valence-corrected chi connectivity index (χ4v) is 2.22. The van der Waals surface area contributed by atoms with Crippen molar-refractivity contribution >= 4 is 29.1 Å². The van der Waals surface area contributed by atoms with Gasteiger partial charge in [-0.15, -0.1) is 0 Å². The van der Waals surface area contributed by atoms with Gasteiger partial charge >= 0.3 is 0 Å². The fourth-order valence-electron chi connectivity index (χ4n) is 1.75. The Morgan fingerprint density at radius 3 is 2.94 bits per heavy atom. The van der Waals surface area contributed by atoms with Crippen molar-refractivity contribution in [3.63, 3.8) is 0 Å². The summed E-state index contributed by atoms with van der Waals surface area (Å²) >= 11 is 11.8. The first-order valence-electron chi connectivity index (χ1n) is 5.50. The molecule has 1 amide bonds. The molecule has 2 rings (SSSR count). The minimum absolute atomic E-state index is 0.0754. The van der Waals surface area contributed by atoms with Crippen LogP contribution in [0.15, 0.2) is 18.2 Å². The van der Waals surface area contributed by atoms with Gasteiger partial charge in [-0.3, -0.25) is 4.79 Å². The zero-order valence-electron chi connectivity index (χ0n) is 9.21. The number of ether oxygens (including phenoxy) is 1. The lowest BCUT2D eigenvalue weighted by Crippen LogP contribution is -2.33. The lowest BCUT2D eigenvalue weighted by atomic mass is 10.2. The predicted octanol–water partition coefficient (Wildman–Crippen LogP) is 2.79. The number of carbonyl (C=O) groups excluding carboxylic acids is 1. The Balaban J connectivity index is 1.90. The van der Waals surface area contributed by atoms with E-state index in [1.54, 1.807) is 18.2 Å². The van der Waals surface area contributed by atoms with Crippen LogP contribution < -0.4 is 5.32 Å². The molecule has 1 unspecified atom stereocenters. The molecule has 92 valence electrons. The third-order valence-electron chi connectivity index (χ3n) is 2.69. The van der Waals surface area contributed by atoms with E-state index in [1.165, 1.54) is 0 Å². The molecule has 1 aliphatic heterocycles. The molecular weight excluding hydrogens is 261 g/mol. The summed E-state index contributed by atoms with van der Waals surface area (Å²) in [7, 11) is 0. The zero-order chi connectivity index (χ0) is 12.3. The number of halogens is 2. The molecule has 1 atom stereocenters. The SMILES string of the molecule is O=C(NCc1ccc(Cl)cc1Cl)C1CCCO1. The molecule has 0 aliphatic carbocycles. The number of hydrogen-bond donors (Lipinski definition) is 1. The van der Waals surface area contributed by atoms with Crippen LogP contribution in [0.3, 0.4) is 0 Å². The Hall–Kier alpha value is -0.770. The van der Waals surface area contributed by atoms with Gasteiger partial charge in [0.1, 0.15) is 6.10 Å². The van der Waals surface area contributed by atoms with Crippen molar-refractivity contribution in [3.05, 3.63) is 33.8 Å². The van der Waals surface area contributed by atoms with E-state index in [9.17, 15) is 4.79 Å². The molecule has 1 saturated heterocycles. The van der Waals surface area contributed by atoms with Crippen LogP contribution in [0.1, 0.15) is 18.4 Å². The molecule has 5 heteroatoms. The lowest BCUT2D eigenvalue weighted by Gasteiger charge is -2.11. The van der Waals surface area contributed by atoms with Crippen molar-refractivity contribution in [3.8, 4) is 0 Å². The van der Waals surface area contributed by atoms with E-state index in [4.69, 9.17) is 27.9 Å². The third-order valence-corrected chi connectivity index (χ3v) is 3.28. The van der Waals surface area contributed by atoms with Crippen LogP contribution in [-0.4, -0.2) is 18.6 Å². The first kappa shape index (κ1) is 12.7. The van der Waals surface area contributed by atoms with Crippen LogP contribution >= 0.6 is 23.2 Å². The van der Waals surface area contributed by atoms with Crippen LogP contribution in [0, 0.1) is 0 Å². The summed E-state index contributed by atoms with van der Waals surface area (Å²) < 4.78 is 5.29. The van der Waals surface area contributed by atoms with E-state index in [1.807, 2.05) is 0 Å². The molecule has 1 aliphatic rings. The number of amides is 1. The molecule has 0 bridgehead atoms. The maximum absolute atomic E-state index is 11.7. The standard InChI is InChI=1S/C12H13Cl2NO2/c13-9-4-3-8(10(14)6-9)7-15-12(16)11-2-1-5-17-11/h3-4,6,11H,1-2,5,7H2,(H,15,16). The topological polar surface area (TPSA) is 38.3 Å². The molecule has 0 spiro atoms. The molecule has 1 heterocycles. The van der Waals surface area contributed by atoms with Gasteiger partial charge in [0.05, 0.1) is 0 Å². The Bertz CT molecular complexity index is 417. The Morgan fingerprint density at radius 1 is 1.47 bits per heavy atom. The Kier molecular flexibility index (Phi) is 4.26. The first-order chi connectivity index (χ1) is 8.16. The van der Waals surface area contributed by atoms with Crippen LogP contribution in [0.4, 0.5) is 0 Å². The molecule has 3 nitrogen and oxygen atoms in total. The summed E-state index contributed by atoms with van der Waals surface area (Å²) in [6.07, 6.45) is 1.43. The van der Waals surface area contributed by atoms with Crippen molar-refractivity contribution in [2.75, 3.05) is 6.61 Å². The number of rotatable bonds is 3. The number of hydrogen-bond acceptors (Lipinski definition) is 2. The quantitative estimate of drug-likeness (QED) is 0.920. The highest BCUT2D eigenvalue weighted by Gasteiger charge is 2.23. The molecule has 1 N–H and O–H groups in total. The van der Waals surface area contributed by atoms with Crippen LogP contribution in [0.25, 0.3) is 0 Å². The van der Waals surface area contributed by atoms with Gasteiger partial charge in [0.15, 0.2) is 0 Å². The molecule has 1 aromatic rings. The van der Waals surface area contributed by atoms with Gasteiger partial charge in [-0.25, -0.2) is 0 Å². The molecule has 1 aromatic carbocycles. The molecule has 0 aromatic heterocycles. The maximum atomic E-state index is 11.7. The van der Waals surface area contributed by atoms with Crippen molar-refractivity contribution < 1.29 is 9.53 Å². The second kappa shape index (κ2) is 5.71. The van der Waals surface area contributed by atoms with Gasteiger partial charge in [-0.1, -0.05) is 29.3 Å². The fraction of sp³-hybridized carbons (Fsp3) is 0.417. The maximum Gasteiger partial charge on any atom is 0.249 e. The number of benzene rings is 1. The van der Waals surface area contributed by atoms with Gasteiger partial charge in [-0.2, -0.15) is 0 Å². The Morgan fingerprint density at radius 2 is 2.29 bits per heavy atom. The lowest BCUT2D eigenvalue weighted by molar-refractivity contribution is -0.130. The summed E-state index contributed by atoms with van der Waals surface area (Å²) in [5.74, 6) is -0.0754. The average molecular weight is 274 g/mol. The second-order valence-corrected chi connectivity index (χ2v) is 4.80. The number of nitrogens with one attached hydrogen (secondary N) is 1. The molecule has 1 fully saturated rings. The van der Waals surface area contributed by atoms with Crippen LogP contribution in [0.5, 0.6) is 0 Å². The minimum atomic E-state index is -0.305. The summed E-state index contributed by atoms with van der Waals surface area (Å²) in [6, 6.07) is 5.22. The van der Waals surface area contributed by atoms with Crippen LogP contribution in [0.2, 0.25) is 10.0 Å². The average Bonchev–Trinajstić information content (AvgIpc) is 2.81. The molecular formula is C12H13Cl2NO2. The summed E-state index contributed by atoms with van der Waals surface area (Å²) in [4.78, 5) is 11.7. The highest BCUT2D eigenvalue weighted by molar-refractivity contribution is 6.35. The summed E-state index contributed by atoms with van der Waals surface area (Å²) in [6.45, 7) is 1.06. The van der Waals surface area contributed by atoms with E-state index in [0.717, 1.165) is 18.4 Å². The van der Waals surface area contributed by atoms with Crippen molar-refractivity contribution in [1.82, 2.24) is 5.32 Å². The van der Waals surface area contributed by atoms with E-state index >= 15 is 0 Å². The normalized spacial score (nSPS) is 19.3. The van der Waals surface area contributed by atoms with Gasteiger partial charge in [0.25, 0.3) is 0 Å². The largest absolute Gasteiger partial charge is 0.368 e. The van der Waals surface area contributed by atoms with E-state index in [0.29, 0.717) is 23.2 Å². The van der Waals surface area contributed by atoms with E-state index in [-0.39, 0.29) is 12.0 Å². The summed E-state index contributed by atoms with van der Waals surface area (Å²) in [5.41, 5.74) is 0.849. The zero-order valence-corrected chi connectivity index (χ0v) is 10.7. The van der Waals surface area contributed by atoms with Gasteiger partial charge < -0.3 is 10.1 Å². The number of carbonyl (C=O) groups is 1. The van der Waals surface area contributed by atoms with Gasteiger partial charge in [-0.05, 0) is 30.5 Å². The van der Waals surface area contributed by atoms with Crippen molar-refractivity contribution in [2.24, 2.45) is 0 Å². The van der Waals surface area contributed by atoms with E-state index in [2.05, 4.69) is 5.32 Å². The van der Waals surface area contributed by atoms with Crippen molar-refractivity contribution in [2.45, 2.75) is 25.5 Å². The second-order valence-electron chi connectivity index (χ2n) is 3.96. The minimum Gasteiger partial charge on any atom is -0.368 e. The summed E-state index contributed by atoms with van der Waals surface area (Å²) in [5, 5.41) is 3.96. The van der Waals surface area contributed by atoms with Crippen molar-refractivity contribution in [1.29, 1.82) is 0 Å². The van der Waals surface area contributed by atoms with Crippen LogP contribution in [-0.2, 0) is 16.1 Å². The first-order valence-corrected chi connectivity index (χ1v) is 6.25. The molecule has 0 saturated carbocycles. The predicted molar refractivity (Wildman–Crippen MR) is 67.3 cm³/mol. The highest BCUT2D eigenvalue weighted by atomic mass is 35.5. The highest BCUT2D eigenvalue weighted by Crippen LogP contribution is 2.21. The van der Waals surface area contributed by atoms with Gasteiger partial charge in [0, 0.05) is 23.2 Å². The third kappa shape index (κ3) is 3.35. The monoisotopic (exact) mass is 273 g/mol. The smallest absolute Gasteiger partial charge is 0.249 e.